The van der Waals surface area contributed by atoms with E-state index in [-0.39, 0.29) is 5.75 Å². The average molecular weight is 439 g/mol. The van der Waals surface area contributed by atoms with Crippen molar-refractivity contribution in [2.24, 2.45) is 0 Å². The zero-order valence-corrected chi connectivity index (χ0v) is 17.1. The maximum atomic E-state index is 12.2. The van der Waals surface area contributed by atoms with E-state index in [2.05, 4.69) is 26.1 Å². The van der Waals surface area contributed by atoms with E-state index < -0.39 is 21.5 Å². The van der Waals surface area contributed by atoms with E-state index in [9.17, 15) is 13.2 Å². The number of rotatable bonds is 9. The summed E-state index contributed by atoms with van der Waals surface area (Å²) in [6.07, 6.45) is 0.739. The number of sulfone groups is 1. The number of amides is 1. The van der Waals surface area contributed by atoms with Crippen LogP contribution in [0.4, 0.5) is 5.69 Å². The van der Waals surface area contributed by atoms with Crippen LogP contribution < -0.4 is 10.2 Å². The summed E-state index contributed by atoms with van der Waals surface area (Å²) >= 11 is 3.31. The molecule has 0 aromatic heterocycles. The highest BCUT2D eigenvalue weighted by molar-refractivity contribution is 9.10. The molecule has 5 nitrogen and oxygen atoms in total. The molecule has 0 atom stereocenters. The summed E-state index contributed by atoms with van der Waals surface area (Å²) in [5.74, 6) is -1.09. The summed E-state index contributed by atoms with van der Waals surface area (Å²) in [5.41, 5.74) is 1.77. The van der Waals surface area contributed by atoms with E-state index in [1.165, 1.54) is 0 Å². The topological polar surface area (TPSA) is 66.5 Å². The van der Waals surface area contributed by atoms with Gasteiger partial charge in [-0.15, -0.1) is 0 Å². The first-order valence-corrected chi connectivity index (χ1v) is 10.9. The Bertz CT molecular complexity index is 826. The van der Waals surface area contributed by atoms with Crippen LogP contribution in [0.1, 0.15) is 12.0 Å². The number of carbonyl (C=O) groups is 1. The number of para-hydroxylation sites is 1. The Morgan fingerprint density at radius 3 is 2.54 bits per heavy atom. The van der Waals surface area contributed by atoms with Crippen LogP contribution in [0.5, 0.6) is 0 Å². The fraction of sp³-hybridized carbons (Fsp3) is 0.316. The Balaban J connectivity index is 1.72. The fourth-order valence-electron chi connectivity index (χ4n) is 2.54. The molecular formula is C19H23BrN2O3S. The van der Waals surface area contributed by atoms with Crippen molar-refractivity contribution in [3.8, 4) is 0 Å². The molecule has 26 heavy (non-hydrogen) atoms. The molecule has 0 bridgehead atoms. The maximum Gasteiger partial charge on any atom is 0.235 e. The summed E-state index contributed by atoms with van der Waals surface area (Å²) in [4.78, 5) is 14.0. The van der Waals surface area contributed by atoms with Gasteiger partial charge in [0.15, 0.2) is 9.84 Å². The van der Waals surface area contributed by atoms with Crippen molar-refractivity contribution < 1.29 is 13.2 Å². The van der Waals surface area contributed by atoms with Crippen molar-refractivity contribution in [3.63, 3.8) is 0 Å². The van der Waals surface area contributed by atoms with Crippen LogP contribution in [0.25, 0.3) is 0 Å². The lowest BCUT2D eigenvalue weighted by atomic mass is 10.2. The summed E-state index contributed by atoms with van der Waals surface area (Å²) in [6.45, 7) is 1.22. The predicted octanol–water partition coefficient (Wildman–Crippen LogP) is 3.01. The van der Waals surface area contributed by atoms with Gasteiger partial charge in [-0.1, -0.05) is 46.3 Å². The van der Waals surface area contributed by atoms with E-state index in [0.717, 1.165) is 23.1 Å². The summed E-state index contributed by atoms with van der Waals surface area (Å²) in [7, 11) is -1.50. The van der Waals surface area contributed by atoms with E-state index in [1.807, 2.05) is 43.4 Å². The van der Waals surface area contributed by atoms with Crippen LogP contribution in [-0.2, 0) is 20.4 Å². The second-order valence-electron chi connectivity index (χ2n) is 6.12. The van der Waals surface area contributed by atoms with Crippen LogP contribution in [-0.4, -0.2) is 40.2 Å². The number of anilines is 1. The smallest absolute Gasteiger partial charge is 0.235 e. The first-order valence-electron chi connectivity index (χ1n) is 8.33. The molecule has 0 spiro atoms. The van der Waals surface area contributed by atoms with Gasteiger partial charge in [0.05, 0.1) is 5.75 Å². The molecule has 0 saturated carbocycles. The molecule has 2 aromatic rings. The number of hydrogen-bond acceptors (Lipinski definition) is 4. The van der Waals surface area contributed by atoms with Crippen LogP contribution in [0.15, 0.2) is 59.1 Å². The van der Waals surface area contributed by atoms with Crippen molar-refractivity contribution in [2.75, 3.05) is 30.8 Å². The van der Waals surface area contributed by atoms with Gasteiger partial charge in [-0.25, -0.2) is 8.42 Å². The van der Waals surface area contributed by atoms with E-state index in [4.69, 9.17) is 0 Å². The average Bonchev–Trinajstić information content (AvgIpc) is 2.58. The molecule has 0 aliphatic heterocycles. The Morgan fingerprint density at radius 2 is 1.85 bits per heavy atom. The number of halogens is 1. The van der Waals surface area contributed by atoms with E-state index in [1.54, 1.807) is 18.2 Å². The zero-order valence-electron chi connectivity index (χ0n) is 14.7. The molecule has 1 N–H and O–H groups in total. The van der Waals surface area contributed by atoms with Gasteiger partial charge in [0.2, 0.25) is 5.91 Å². The van der Waals surface area contributed by atoms with Crippen molar-refractivity contribution in [1.82, 2.24) is 5.32 Å². The number of carbonyl (C=O) groups excluding carboxylic acids is 1. The minimum Gasteiger partial charge on any atom is -0.375 e. The van der Waals surface area contributed by atoms with Gasteiger partial charge in [-0.3, -0.25) is 4.79 Å². The fourth-order valence-corrected chi connectivity index (χ4v) is 4.28. The lowest BCUT2D eigenvalue weighted by Crippen LogP contribution is -2.33. The van der Waals surface area contributed by atoms with Gasteiger partial charge < -0.3 is 10.2 Å². The highest BCUT2D eigenvalue weighted by atomic mass is 79.9. The second-order valence-corrected chi connectivity index (χ2v) is 9.10. The van der Waals surface area contributed by atoms with Crippen molar-refractivity contribution in [1.29, 1.82) is 0 Å². The molecule has 7 heteroatoms. The highest BCUT2D eigenvalue weighted by Gasteiger charge is 2.17. The molecule has 0 radical (unpaired) electrons. The predicted molar refractivity (Wildman–Crippen MR) is 109 cm³/mol. The Labute approximate surface area is 163 Å². The Hall–Kier alpha value is -1.86. The van der Waals surface area contributed by atoms with Crippen LogP contribution in [0, 0.1) is 0 Å². The van der Waals surface area contributed by atoms with Crippen molar-refractivity contribution in [3.05, 3.63) is 64.6 Å². The molecule has 0 unspecified atom stereocenters. The number of nitrogens with one attached hydrogen (secondary N) is 1. The van der Waals surface area contributed by atoms with Gasteiger partial charge in [0, 0.05) is 30.3 Å². The van der Waals surface area contributed by atoms with Gasteiger partial charge in [-0.2, -0.15) is 0 Å². The van der Waals surface area contributed by atoms with Crippen LogP contribution in [0.2, 0.25) is 0 Å². The standard InChI is InChI=1S/C19H23BrN2O3S/c1-22(18-9-3-2-4-10-18)12-6-11-21-19(23)15-26(24,25)14-16-7-5-8-17(20)13-16/h2-5,7-10,13H,6,11-12,14-15H2,1H3,(H,21,23). The Kier molecular flexibility index (Phi) is 7.66. The monoisotopic (exact) mass is 438 g/mol. The summed E-state index contributed by atoms with van der Waals surface area (Å²) < 4.78 is 25.1. The minimum absolute atomic E-state index is 0.142. The SMILES string of the molecule is CN(CCCNC(=O)CS(=O)(=O)Cc1cccc(Br)c1)c1ccccc1. The maximum absolute atomic E-state index is 12.2. The first kappa shape index (κ1) is 20.5. The van der Waals surface area contributed by atoms with Gasteiger partial charge in [0.1, 0.15) is 5.75 Å². The third-order valence-electron chi connectivity index (χ3n) is 3.82. The summed E-state index contributed by atoms with van der Waals surface area (Å²) in [6, 6.07) is 17.0. The molecule has 0 heterocycles. The van der Waals surface area contributed by atoms with E-state index in [0.29, 0.717) is 12.1 Å². The number of nitrogens with zero attached hydrogens (tertiary/aromatic N) is 1. The van der Waals surface area contributed by atoms with Crippen molar-refractivity contribution in [2.45, 2.75) is 12.2 Å². The lowest BCUT2D eigenvalue weighted by Gasteiger charge is -2.19. The quantitative estimate of drug-likeness (QED) is 0.611. The molecule has 0 aliphatic carbocycles. The number of benzene rings is 2. The third-order valence-corrected chi connectivity index (χ3v) is 5.78. The second kappa shape index (κ2) is 9.73. The molecule has 1 amide bonds. The zero-order chi connectivity index (χ0) is 19.0. The molecule has 2 rings (SSSR count). The van der Waals surface area contributed by atoms with Gasteiger partial charge in [0.25, 0.3) is 0 Å². The molecule has 140 valence electrons. The molecule has 0 aliphatic rings. The summed E-state index contributed by atoms with van der Waals surface area (Å²) in [5, 5.41) is 2.69. The lowest BCUT2D eigenvalue weighted by molar-refractivity contribution is -0.118. The van der Waals surface area contributed by atoms with Crippen LogP contribution in [0.3, 0.4) is 0 Å². The largest absolute Gasteiger partial charge is 0.375 e. The molecule has 0 fully saturated rings. The highest BCUT2D eigenvalue weighted by Crippen LogP contribution is 2.14. The van der Waals surface area contributed by atoms with Crippen LogP contribution >= 0.6 is 15.9 Å². The molecule has 2 aromatic carbocycles. The molecular weight excluding hydrogens is 416 g/mol. The minimum atomic E-state index is -3.49. The first-order chi connectivity index (χ1) is 12.4. The van der Waals surface area contributed by atoms with Gasteiger partial charge >= 0.3 is 0 Å². The van der Waals surface area contributed by atoms with E-state index >= 15 is 0 Å². The number of hydrogen-bond donors (Lipinski definition) is 1. The third kappa shape index (κ3) is 7.17. The normalized spacial score (nSPS) is 11.2. The Morgan fingerprint density at radius 1 is 1.12 bits per heavy atom. The van der Waals surface area contributed by atoms with Gasteiger partial charge in [-0.05, 0) is 36.2 Å². The molecule has 0 saturated heterocycles. The van der Waals surface area contributed by atoms with Crippen molar-refractivity contribution >= 4 is 37.4 Å².